The Labute approximate surface area is 216 Å². The van der Waals surface area contributed by atoms with E-state index >= 15 is 8.78 Å². The minimum Gasteiger partial charge on any atom is -0.313 e. The number of nitrogens with zero attached hydrogens (tertiary/aromatic N) is 3. The fraction of sp³-hybridized carbons (Fsp3) is 0.308. The highest BCUT2D eigenvalue weighted by atomic mass is 35.5. The number of alkyl halides is 3. The zero-order valence-electron chi connectivity index (χ0n) is 19.7. The molecule has 2 aliphatic heterocycles. The van der Waals surface area contributed by atoms with E-state index in [1.165, 1.54) is 24.3 Å². The van der Waals surface area contributed by atoms with E-state index in [2.05, 4.69) is 20.8 Å². The van der Waals surface area contributed by atoms with Crippen molar-refractivity contribution in [3.63, 3.8) is 0 Å². The van der Waals surface area contributed by atoms with Crippen LogP contribution in [0.1, 0.15) is 24.0 Å². The highest BCUT2D eigenvalue weighted by molar-refractivity contribution is 5.85. The van der Waals surface area contributed by atoms with Gasteiger partial charge in [-0.25, -0.2) is 8.78 Å². The highest BCUT2D eigenvalue weighted by Crippen LogP contribution is 2.33. The second kappa shape index (κ2) is 11.1. The van der Waals surface area contributed by atoms with Crippen molar-refractivity contribution in [3.8, 4) is 22.8 Å². The van der Waals surface area contributed by atoms with Crippen LogP contribution in [0.2, 0.25) is 0 Å². The molecule has 0 bridgehead atoms. The van der Waals surface area contributed by atoms with Crippen LogP contribution in [0.25, 0.3) is 33.9 Å². The van der Waals surface area contributed by atoms with Crippen LogP contribution in [0, 0.1) is 11.6 Å². The molecule has 5 rings (SSSR count). The molecule has 0 radical (unpaired) electrons. The lowest BCUT2D eigenvalue weighted by Gasteiger charge is -2.17. The van der Waals surface area contributed by atoms with Gasteiger partial charge in [-0.1, -0.05) is 24.3 Å². The SMILES string of the molecule is Cl.Fc1cc(C2=CCNCC2)ccc1-c1nnc(-c2ccc(C3=CCNCC3)cc2F)n1CC(F)(F)F. The molecule has 3 heterocycles. The Kier molecular flexibility index (Phi) is 8.11. The Morgan fingerprint density at radius 2 is 1.22 bits per heavy atom. The molecule has 2 N–H and O–H groups in total. The van der Waals surface area contributed by atoms with E-state index in [9.17, 15) is 13.2 Å². The zero-order chi connectivity index (χ0) is 25.3. The van der Waals surface area contributed by atoms with E-state index in [1.54, 1.807) is 12.1 Å². The molecule has 0 spiro atoms. The summed E-state index contributed by atoms with van der Waals surface area (Å²) in [6.07, 6.45) is 0.688. The van der Waals surface area contributed by atoms with Gasteiger partial charge in [-0.05, 0) is 72.5 Å². The Balaban J connectivity index is 0.00000320. The molecular formula is C26H25ClF5N5. The third-order valence-electron chi connectivity index (χ3n) is 6.38. The second-order valence-corrected chi connectivity index (χ2v) is 8.80. The Hall–Kier alpha value is -3.08. The van der Waals surface area contributed by atoms with Crippen molar-refractivity contribution in [1.82, 2.24) is 25.4 Å². The first-order valence-electron chi connectivity index (χ1n) is 11.7. The van der Waals surface area contributed by atoms with Crippen molar-refractivity contribution >= 4 is 23.6 Å². The Morgan fingerprint density at radius 1 is 0.757 bits per heavy atom. The Bertz CT molecular complexity index is 1250. The number of hydrogen-bond donors (Lipinski definition) is 2. The Morgan fingerprint density at radius 3 is 1.57 bits per heavy atom. The average Bonchev–Trinajstić information content (AvgIpc) is 3.26. The van der Waals surface area contributed by atoms with Gasteiger partial charge in [0.25, 0.3) is 0 Å². The van der Waals surface area contributed by atoms with Gasteiger partial charge >= 0.3 is 6.18 Å². The molecule has 0 saturated heterocycles. The van der Waals surface area contributed by atoms with Crippen LogP contribution in [-0.2, 0) is 6.54 Å². The second-order valence-electron chi connectivity index (χ2n) is 8.80. The predicted molar refractivity (Wildman–Crippen MR) is 135 cm³/mol. The van der Waals surface area contributed by atoms with Gasteiger partial charge in [0, 0.05) is 13.1 Å². The van der Waals surface area contributed by atoms with E-state index in [1.807, 2.05) is 12.2 Å². The quantitative estimate of drug-likeness (QED) is 0.414. The van der Waals surface area contributed by atoms with Crippen molar-refractivity contribution in [2.75, 3.05) is 26.2 Å². The van der Waals surface area contributed by atoms with Crippen LogP contribution < -0.4 is 10.6 Å². The molecule has 37 heavy (non-hydrogen) atoms. The summed E-state index contributed by atoms with van der Waals surface area (Å²) in [6, 6.07) is 8.70. The lowest BCUT2D eigenvalue weighted by atomic mass is 9.98. The normalized spacial score (nSPS) is 16.1. The van der Waals surface area contributed by atoms with Gasteiger partial charge in [0.05, 0.1) is 11.1 Å². The van der Waals surface area contributed by atoms with Gasteiger partial charge in [0.2, 0.25) is 0 Å². The summed E-state index contributed by atoms with van der Waals surface area (Å²) in [7, 11) is 0. The first-order valence-corrected chi connectivity index (χ1v) is 11.7. The van der Waals surface area contributed by atoms with Crippen LogP contribution in [0.5, 0.6) is 0 Å². The molecule has 0 unspecified atom stereocenters. The van der Waals surface area contributed by atoms with Gasteiger partial charge in [0.1, 0.15) is 18.2 Å². The van der Waals surface area contributed by atoms with Crippen LogP contribution in [0.4, 0.5) is 22.0 Å². The molecule has 196 valence electrons. The lowest BCUT2D eigenvalue weighted by Crippen LogP contribution is -2.20. The van der Waals surface area contributed by atoms with E-state index in [0.29, 0.717) is 24.2 Å². The molecule has 1 aromatic heterocycles. The fourth-order valence-corrected chi connectivity index (χ4v) is 4.59. The smallest absolute Gasteiger partial charge is 0.313 e. The molecular weight excluding hydrogens is 513 g/mol. The van der Waals surface area contributed by atoms with Crippen molar-refractivity contribution in [3.05, 3.63) is 71.3 Å². The lowest BCUT2D eigenvalue weighted by molar-refractivity contribution is -0.140. The van der Waals surface area contributed by atoms with Crippen LogP contribution >= 0.6 is 12.4 Å². The first kappa shape index (κ1) is 27.0. The summed E-state index contributed by atoms with van der Waals surface area (Å²) < 4.78 is 71.7. The van der Waals surface area contributed by atoms with E-state index in [0.717, 1.165) is 41.6 Å². The fourth-order valence-electron chi connectivity index (χ4n) is 4.59. The predicted octanol–water partition coefficient (Wildman–Crippen LogP) is 5.63. The van der Waals surface area contributed by atoms with Crippen molar-refractivity contribution in [2.24, 2.45) is 0 Å². The van der Waals surface area contributed by atoms with Crippen molar-refractivity contribution in [1.29, 1.82) is 0 Å². The summed E-state index contributed by atoms with van der Waals surface area (Å²) in [6.45, 7) is 1.37. The average molecular weight is 538 g/mol. The zero-order valence-corrected chi connectivity index (χ0v) is 20.5. The summed E-state index contributed by atoms with van der Waals surface area (Å²) in [5.74, 6) is -2.06. The summed E-state index contributed by atoms with van der Waals surface area (Å²) in [4.78, 5) is 0. The topological polar surface area (TPSA) is 54.8 Å². The molecule has 0 saturated carbocycles. The van der Waals surface area contributed by atoms with Gasteiger partial charge in [-0.3, -0.25) is 4.57 Å². The number of rotatable bonds is 5. The van der Waals surface area contributed by atoms with Gasteiger partial charge in [-0.15, -0.1) is 22.6 Å². The molecule has 0 atom stereocenters. The van der Waals surface area contributed by atoms with Gasteiger partial charge in [-0.2, -0.15) is 13.2 Å². The highest BCUT2D eigenvalue weighted by Gasteiger charge is 2.33. The van der Waals surface area contributed by atoms with Crippen LogP contribution in [0.15, 0.2) is 48.6 Å². The number of halogens is 6. The molecule has 5 nitrogen and oxygen atoms in total. The first-order chi connectivity index (χ1) is 17.3. The maximum Gasteiger partial charge on any atom is 0.406 e. The van der Waals surface area contributed by atoms with E-state index in [4.69, 9.17) is 0 Å². The van der Waals surface area contributed by atoms with Gasteiger partial charge in [0.15, 0.2) is 11.6 Å². The summed E-state index contributed by atoms with van der Waals surface area (Å²) >= 11 is 0. The molecule has 0 aliphatic carbocycles. The third kappa shape index (κ3) is 5.92. The summed E-state index contributed by atoms with van der Waals surface area (Å²) in [5.41, 5.74) is 2.98. The monoisotopic (exact) mass is 537 g/mol. The standard InChI is InChI=1S/C26H24F5N5.ClH/c27-22-13-18(16-5-9-32-10-6-16)1-3-20(22)24-34-35-25(36(24)15-26(29,30)31)21-4-2-19(14-23(21)28)17-7-11-33-12-8-17;/h1-5,7,13-14,32-33H,6,8-12,15H2;1H. The number of hydrogen-bond acceptors (Lipinski definition) is 4. The molecule has 2 aromatic carbocycles. The molecule has 11 heteroatoms. The molecule has 0 fully saturated rings. The van der Waals surface area contributed by atoms with E-state index < -0.39 is 24.4 Å². The number of aromatic nitrogens is 3. The largest absolute Gasteiger partial charge is 0.406 e. The maximum atomic E-state index is 15.2. The van der Waals surface area contributed by atoms with Crippen LogP contribution in [0.3, 0.4) is 0 Å². The minimum absolute atomic E-state index is 0. The van der Waals surface area contributed by atoms with Crippen LogP contribution in [-0.4, -0.2) is 47.1 Å². The minimum atomic E-state index is -4.65. The maximum absolute atomic E-state index is 15.2. The van der Waals surface area contributed by atoms with E-state index in [-0.39, 0.29) is 35.2 Å². The summed E-state index contributed by atoms with van der Waals surface area (Å²) in [5, 5.41) is 14.1. The third-order valence-corrected chi connectivity index (χ3v) is 6.38. The molecule has 3 aromatic rings. The molecule has 0 amide bonds. The number of benzene rings is 2. The van der Waals surface area contributed by atoms with Crippen molar-refractivity contribution in [2.45, 2.75) is 25.6 Å². The molecule has 2 aliphatic rings. The van der Waals surface area contributed by atoms with Crippen molar-refractivity contribution < 1.29 is 22.0 Å². The number of nitrogens with one attached hydrogen (secondary N) is 2. The van der Waals surface area contributed by atoms with Gasteiger partial charge < -0.3 is 10.6 Å².